The van der Waals surface area contributed by atoms with Gasteiger partial charge in [-0.1, -0.05) is 42.5 Å². The summed E-state index contributed by atoms with van der Waals surface area (Å²) in [6.07, 6.45) is 2.25. The lowest BCUT2D eigenvalue weighted by atomic mass is 10.2. The lowest BCUT2D eigenvalue weighted by Gasteiger charge is -2.17. The first-order valence-electron chi connectivity index (χ1n) is 9.47. The predicted octanol–water partition coefficient (Wildman–Crippen LogP) is 3.41. The molecule has 3 aromatic rings. The Bertz CT molecular complexity index is 966. The molecule has 7 heteroatoms. The van der Waals surface area contributed by atoms with Gasteiger partial charge in [-0.3, -0.25) is 4.79 Å². The third-order valence-corrected chi connectivity index (χ3v) is 4.75. The van der Waals surface area contributed by atoms with E-state index in [0.29, 0.717) is 37.9 Å². The van der Waals surface area contributed by atoms with Gasteiger partial charge < -0.3 is 15.0 Å². The second kappa shape index (κ2) is 8.68. The quantitative estimate of drug-likeness (QED) is 0.667. The molecule has 6 nitrogen and oxygen atoms in total. The molecule has 1 N–H and O–H groups in total. The van der Waals surface area contributed by atoms with Crippen LogP contribution >= 0.6 is 0 Å². The second-order valence-corrected chi connectivity index (χ2v) is 6.86. The molecule has 0 aliphatic carbocycles. The highest BCUT2D eigenvalue weighted by molar-refractivity contribution is 5.86. The smallest absolute Gasteiger partial charge is 0.245 e. The zero-order chi connectivity index (χ0) is 20.1. The Balaban J connectivity index is 1.34. The van der Waals surface area contributed by atoms with Crippen LogP contribution in [0.3, 0.4) is 0 Å². The highest BCUT2D eigenvalue weighted by Gasteiger charge is 2.32. The molecule has 1 fully saturated rings. The van der Waals surface area contributed by atoms with Crippen molar-refractivity contribution < 1.29 is 13.9 Å². The molecule has 1 aliphatic rings. The van der Waals surface area contributed by atoms with Crippen LogP contribution in [0.15, 0.2) is 66.9 Å². The van der Waals surface area contributed by atoms with Crippen LogP contribution in [0.5, 0.6) is 5.88 Å². The molecule has 0 spiro atoms. The van der Waals surface area contributed by atoms with Gasteiger partial charge in [-0.25, -0.2) is 9.37 Å². The number of benzene rings is 2. The number of rotatable bonds is 7. The highest BCUT2D eigenvalue weighted by atomic mass is 19.1. The Morgan fingerprint density at radius 1 is 1.07 bits per heavy atom. The number of ether oxygens (including phenoxy) is 1. The third kappa shape index (κ3) is 4.87. The van der Waals surface area contributed by atoms with E-state index in [0.717, 1.165) is 11.1 Å². The number of hydrogen-bond donors (Lipinski definition) is 1. The number of nitrogens with zero attached hydrogens (tertiary/aromatic N) is 3. The number of hydrogen-bond acceptors (Lipinski definition) is 5. The van der Waals surface area contributed by atoms with Crippen LogP contribution in [0.25, 0.3) is 0 Å². The lowest BCUT2D eigenvalue weighted by Crippen LogP contribution is -2.33. The lowest BCUT2D eigenvalue weighted by molar-refractivity contribution is -0.128. The van der Waals surface area contributed by atoms with E-state index in [1.54, 1.807) is 29.3 Å². The molecule has 2 heterocycles. The summed E-state index contributed by atoms with van der Waals surface area (Å²) in [5.74, 6) is 0.499. The van der Waals surface area contributed by atoms with Crippen molar-refractivity contribution in [3.05, 3.63) is 83.8 Å². The molecule has 1 unspecified atom stereocenters. The van der Waals surface area contributed by atoms with Crippen LogP contribution in [0, 0.1) is 5.82 Å². The molecular weight excluding hydrogens is 371 g/mol. The fraction of sp³-hybridized carbons (Fsp3) is 0.227. The van der Waals surface area contributed by atoms with Crippen molar-refractivity contribution >= 4 is 11.9 Å². The molecule has 0 bridgehead atoms. The van der Waals surface area contributed by atoms with Crippen molar-refractivity contribution in [1.82, 2.24) is 14.9 Å². The zero-order valence-corrected chi connectivity index (χ0v) is 15.8. The van der Waals surface area contributed by atoms with E-state index in [1.807, 2.05) is 30.3 Å². The van der Waals surface area contributed by atoms with Gasteiger partial charge in [0.2, 0.25) is 17.7 Å². The summed E-state index contributed by atoms with van der Waals surface area (Å²) in [4.78, 5) is 23.0. The van der Waals surface area contributed by atoms with Crippen LogP contribution in [0.4, 0.5) is 10.3 Å². The monoisotopic (exact) mass is 392 g/mol. The average molecular weight is 392 g/mol. The molecule has 1 amide bonds. The van der Waals surface area contributed by atoms with Gasteiger partial charge in [-0.2, -0.15) is 4.98 Å². The number of nitrogens with one attached hydrogen (secondary N) is 1. The van der Waals surface area contributed by atoms with Crippen LogP contribution in [0.1, 0.15) is 17.5 Å². The number of amides is 1. The Labute approximate surface area is 168 Å². The molecule has 0 radical (unpaired) electrons. The maximum absolute atomic E-state index is 13.1. The fourth-order valence-corrected chi connectivity index (χ4v) is 3.22. The van der Waals surface area contributed by atoms with Crippen molar-refractivity contribution in [3.63, 3.8) is 0 Å². The molecule has 148 valence electrons. The van der Waals surface area contributed by atoms with Gasteiger partial charge in [0.15, 0.2) is 0 Å². The van der Waals surface area contributed by atoms with Gasteiger partial charge in [-0.05, 0) is 29.7 Å². The fourth-order valence-electron chi connectivity index (χ4n) is 3.22. The molecule has 1 atom stereocenters. The minimum atomic E-state index is -0.389. The largest absolute Gasteiger partial charge is 0.473 e. The van der Waals surface area contributed by atoms with E-state index >= 15 is 0 Å². The molecule has 1 aliphatic heterocycles. The first-order valence-corrected chi connectivity index (χ1v) is 9.47. The number of carbonyl (C=O) groups is 1. The highest BCUT2D eigenvalue weighted by Crippen LogP contribution is 2.19. The van der Waals surface area contributed by atoms with Crippen LogP contribution in [0.2, 0.25) is 0 Å². The van der Waals surface area contributed by atoms with Gasteiger partial charge >= 0.3 is 0 Å². The number of likely N-dealkylation sites (tertiary alicyclic amines) is 1. The average Bonchev–Trinajstić information content (AvgIpc) is 3.08. The molecule has 1 aromatic heterocycles. The van der Waals surface area contributed by atoms with E-state index in [4.69, 9.17) is 4.74 Å². The summed E-state index contributed by atoms with van der Waals surface area (Å²) in [5, 5.41) is 3.10. The minimum Gasteiger partial charge on any atom is -0.473 e. The number of anilines is 1. The van der Waals surface area contributed by atoms with Gasteiger partial charge in [-0.15, -0.1) is 0 Å². The van der Waals surface area contributed by atoms with Crippen molar-refractivity contribution in [2.45, 2.75) is 25.6 Å². The summed E-state index contributed by atoms with van der Waals surface area (Å²) in [5.41, 5.74) is 1.94. The molecule has 4 rings (SSSR count). The summed E-state index contributed by atoms with van der Waals surface area (Å²) >= 11 is 0. The Hall–Kier alpha value is -3.48. The number of carbonyl (C=O) groups excluding carboxylic acids is 1. The number of halogens is 1. The van der Waals surface area contributed by atoms with E-state index in [9.17, 15) is 9.18 Å². The molecule has 1 saturated heterocycles. The summed E-state index contributed by atoms with van der Waals surface area (Å²) in [7, 11) is 0. The predicted molar refractivity (Wildman–Crippen MR) is 107 cm³/mol. The zero-order valence-electron chi connectivity index (χ0n) is 15.8. The van der Waals surface area contributed by atoms with Crippen molar-refractivity contribution in [2.75, 3.05) is 11.9 Å². The molecule has 0 saturated carbocycles. The SMILES string of the molecule is O=C1C(Nc2nccc(OCc3ccccc3)n2)CCN1Cc1ccc(F)cc1. The Morgan fingerprint density at radius 3 is 2.66 bits per heavy atom. The van der Waals surface area contributed by atoms with Gasteiger partial charge in [0, 0.05) is 25.4 Å². The van der Waals surface area contributed by atoms with Crippen molar-refractivity contribution in [2.24, 2.45) is 0 Å². The van der Waals surface area contributed by atoms with Crippen molar-refractivity contribution in [1.29, 1.82) is 0 Å². The maximum atomic E-state index is 13.1. The Kier molecular flexibility index (Phi) is 5.65. The van der Waals surface area contributed by atoms with E-state index in [-0.39, 0.29) is 17.8 Å². The summed E-state index contributed by atoms with van der Waals surface area (Å²) in [6.45, 7) is 1.49. The maximum Gasteiger partial charge on any atom is 0.245 e. The Morgan fingerprint density at radius 2 is 1.86 bits per heavy atom. The topological polar surface area (TPSA) is 67.3 Å². The summed E-state index contributed by atoms with van der Waals surface area (Å²) < 4.78 is 18.8. The normalized spacial score (nSPS) is 16.1. The van der Waals surface area contributed by atoms with Gasteiger partial charge in [0.25, 0.3) is 0 Å². The molecule has 29 heavy (non-hydrogen) atoms. The van der Waals surface area contributed by atoms with Crippen molar-refractivity contribution in [3.8, 4) is 5.88 Å². The second-order valence-electron chi connectivity index (χ2n) is 6.86. The van der Waals surface area contributed by atoms with E-state index < -0.39 is 0 Å². The first kappa shape index (κ1) is 18.9. The third-order valence-electron chi connectivity index (χ3n) is 4.75. The number of aromatic nitrogens is 2. The van der Waals surface area contributed by atoms with Gasteiger partial charge in [0.1, 0.15) is 18.5 Å². The summed E-state index contributed by atoms with van der Waals surface area (Å²) in [6, 6.07) is 17.3. The van der Waals surface area contributed by atoms with E-state index in [2.05, 4.69) is 15.3 Å². The molecule has 2 aromatic carbocycles. The van der Waals surface area contributed by atoms with E-state index in [1.165, 1.54) is 12.1 Å². The minimum absolute atomic E-state index is 0.0199. The van der Waals surface area contributed by atoms with Crippen LogP contribution in [-0.2, 0) is 17.9 Å². The van der Waals surface area contributed by atoms with Gasteiger partial charge in [0.05, 0.1) is 0 Å². The van der Waals surface area contributed by atoms with Crippen LogP contribution < -0.4 is 10.1 Å². The van der Waals surface area contributed by atoms with Crippen LogP contribution in [-0.4, -0.2) is 33.4 Å². The molecular formula is C22H21FN4O2. The standard InChI is InChI=1S/C22H21FN4O2/c23-18-8-6-16(7-9-18)14-27-13-11-19(21(27)28)25-22-24-12-10-20(26-22)29-15-17-4-2-1-3-5-17/h1-10,12,19H,11,13-15H2,(H,24,25,26). The first-order chi connectivity index (χ1) is 14.2.